The van der Waals surface area contributed by atoms with Gasteiger partial charge in [-0.25, -0.2) is 0 Å². The molecule has 19 heavy (non-hydrogen) atoms. The molecule has 1 aromatic rings. The Labute approximate surface area is 113 Å². The predicted molar refractivity (Wildman–Crippen MR) is 73.4 cm³/mol. The SMILES string of the molecule is CCCCOC1=CC(=O)c2cccc(CC)c2C1=O. The summed E-state index contributed by atoms with van der Waals surface area (Å²) < 4.78 is 5.45. The Balaban J connectivity index is 2.34. The molecule has 1 aliphatic rings. The Bertz CT molecular complexity index is 541. The summed E-state index contributed by atoms with van der Waals surface area (Å²) in [5, 5.41) is 0. The van der Waals surface area contributed by atoms with E-state index in [4.69, 9.17) is 4.74 Å². The number of Topliss-reactive ketones (excluding diaryl/α,β-unsaturated/α-hetero) is 1. The van der Waals surface area contributed by atoms with Crippen molar-refractivity contribution >= 4 is 11.6 Å². The van der Waals surface area contributed by atoms with E-state index in [-0.39, 0.29) is 17.3 Å². The highest BCUT2D eigenvalue weighted by Gasteiger charge is 2.28. The van der Waals surface area contributed by atoms with Crippen LogP contribution in [0.25, 0.3) is 0 Å². The maximum absolute atomic E-state index is 12.4. The van der Waals surface area contributed by atoms with E-state index in [0.717, 1.165) is 24.8 Å². The summed E-state index contributed by atoms with van der Waals surface area (Å²) >= 11 is 0. The molecule has 0 fully saturated rings. The number of carbonyl (C=O) groups excluding carboxylic acids is 2. The van der Waals surface area contributed by atoms with E-state index in [1.165, 1.54) is 6.08 Å². The van der Waals surface area contributed by atoms with Crippen molar-refractivity contribution in [3.63, 3.8) is 0 Å². The summed E-state index contributed by atoms with van der Waals surface area (Å²) in [4.78, 5) is 24.4. The fourth-order valence-corrected chi connectivity index (χ4v) is 2.19. The number of ether oxygens (including phenoxy) is 1. The number of hydrogen-bond donors (Lipinski definition) is 0. The van der Waals surface area contributed by atoms with Crippen molar-refractivity contribution in [2.45, 2.75) is 33.1 Å². The first-order valence-corrected chi connectivity index (χ1v) is 6.74. The zero-order valence-corrected chi connectivity index (χ0v) is 11.4. The zero-order valence-electron chi connectivity index (χ0n) is 11.4. The van der Waals surface area contributed by atoms with E-state index >= 15 is 0 Å². The van der Waals surface area contributed by atoms with Crippen LogP contribution in [-0.4, -0.2) is 18.2 Å². The summed E-state index contributed by atoms with van der Waals surface area (Å²) in [6.07, 6.45) is 3.91. The van der Waals surface area contributed by atoms with Crippen LogP contribution < -0.4 is 0 Å². The lowest BCUT2D eigenvalue weighted by atomic mass is 9.89. The second kappa shape index (κ2) is 5.83. The minimum absolute atomic E-state index is 0.142. The van der Waals surface area contributed by atoms with E-state index < -0.39 is 0 Å². The molecule has 0 spiro atoms. The van der Waals surface area contributed by atoms with Crippen LogP contribution in [0.4, 0.5) is 0 Å². The van der Waals surface area contributed by atoms with Crippen LogP contribution in [0.5, 0.6) is 0 Å². The number of unbranched alkanes of at least 4 members (excludes halogenated alkanes) is 1. The highest BCUT2D eigenvalue weighted by molar-refractivity contribution is 6.24. The van der Waals surface area contributed by atoms with Crippen LogP contribution in [-0.2, 0) is 11.2 Å². The van der Waals surface area contributed by atoms with Crippen molar-refractivity contribution < 1.29 is 14.3 Å². The van der Waals surface area contributed by atoms with Gasteiger partial charge in [0.1, 0.15) is 0 Å². The maximum Gasteiger partial charge on any atom is 0.228 e. The number of aryl methyl sites for hydroxylation is 1. The van der Waals surface area contributed by atoms with Gasteiger partial charge < -0.3 is 4.74 Å². The van der Waals surface area contributed by atoms with E-state index in [0.29, 0.717) is 17.7 Å². The quantitative estimate of drug-likeness (QED) is 0.761. The minimum Gasteiger partial charge on any atom is -0.489 e. The predicted octanol–water partition coefficient (Wildman–Crippen LogP) is 3.33. The Kier molecular flexibility index (Phi) is 4.15. The second-order valence-corrected chi connectivity index (χ2v) is 4.60. The molecule has 0 unspecified atom stereocenters. The lowest BCUT2D eigenvalue weighted by Crippen LogP contribution is -2.20. The molecule has 1 aliphatic carbocycles. The van der Waals surface area contributed by atoms with Crippen molar-refractivity contribution in [1.82, 2.24) is 0 Å². The number of fused-ring (bicyclic) bond motifs is 1. The van der Waals surface area contributed by atoms with E-state index in [2.05, 4.69) is 6.92 Å². The zero-order chi connectivity index (χ0) is 13.8. The maximum atomic E-state index is 12.4. The second-order valence-electron chi connectivity index (χ2n) is 4.60. The standard InChI is InChI=1S/C16H18O3/c1-3-5-9-19-14-10-13(17)12-8-6-7-11(4-2)15(12)16(14)18/h6-8,10H,3-5,9H2,1-2H3. The van der Waals surface area contributed by atoms with Crippen LogP contribution in [0.1, 0.15) is 53.0 Å². The summed E-state index contributed by atoms with van der Waals surface area (Å²) in [6, 6.07) is 5.41. The highest BCUT2D eigenvalue weighted by atomic mass is 16.5. The Hall–Kier alpha value is -1.90. The molecule has 0 aliphatic heterocycles. The lowest BCUT2D eigenvalue weighted by molar-refractivity contribution is 0.0879. The van der Waals surface area contributed by atoms with Gasteiger partial charge in [0, 0.05) is 17.2 Å². The molecule has 2 rings (SSSR count). The van der Waals surface area contributed by atoms with Crippen molar-refractivity contribution in [1.29, 1.82) is 0 Å². The molecule has 0 saturated heterocycles. The fourth-order valence-electron chi connectivity index (χ4n) is 2.19. The third-order valence-corrected chi connectivity index (χ3v) is 3.27. The lowest BCUT2D eigenvalue weighted by Gasteiger charge is -2.18. The molecule has 100 valence electrons. The third kappa shape index (κ3) is 2.60. The van der Waals surface area contributed by atoms with Crippen LogP contribution in [0, 0.1) is 0 Å². The van der Waals surface area contributed by atoms with Crippen molar-refractivity contribution in [2.24, 2.45) is 0 Å². The molecule has 0 amide bonds. The monoisotopic (exact) mass is 258 g/mol. The normalized spacial score (nSPS) is 14.1. The number of allylic oxidation sites excluding steroid dienone is 2. The number of benzene rings is 1. The molecular weight excluding hydrogens is 240 g/mol. The van der Waals surface area contributed by atoms with Gasteiger partial charge in [-0.2, -0.15) is 0 Å². The molecule has 0 heterocycles. The van der Waals surface area contributed by atoms with Gasteiger partial charge in [-0.05, 0) is 18.4 Å². The molecule has 3 heteroatoms. The number of ketones is 2. The first-order valence-electron chi connectivity index (χ1n) is 6.74. The molecule has 1 aromatic carbocycles. The summed E-state index contributed by atoms with van der Waals surface area (Å²) in [6.45, 7) is 4.50. The average molecular weight is 258 g/mol. The third-order valence-electron chi connectivity index (χ3n) is 3.27. The smallest absolute Gasteiger partial charge is 0.228 e. The van der Waals surface area contributed by atoms with E-state index in [1.807, 2.05) is 19.1 Å². The van der Waals surface area contributed by atoms with Crippen molar-refractivity contribution in [3.8, 4) is 0 Å². The molecule has 3 nitrogen and oxygen atoms in total. The first kappa shape index (κ1) is 13.5. The van der Waals surface area contributed by atoms with E-state index in [1.54, 1.807) is 6.07 Å². The first-order chi connectivity index (χ1) is 9.19. The largest absolute Gasteiger partial charge is 0.489 e. The topological polar surface area (TPSA) is 43.4 Å². The van der Waals surface area contributed by atoms with Gasteiger partial charge in [-0.3, -0.25) is 9.59 Å². The summed E-state index contributed by atoms with van der Waals surface area (Å²) in [5.41, 5.74) is 1.91. The molecule has 0 aromatic heterocycles. The minimum atomic E-state index is -0.164. The number of carbonyl (C=O) groups is 2. The summed E-state index contributed by atoms with van der Waals surface area (Å²) in [5.74, 6) is -0.119. The number of rotatable bonds is 5. The van der Waals surface area contributed by atoms with Gasteiger partial charge >= 0.3 is 0 Å². The van der Waals surface area contributed by atoms with Gasteiger partial charge in [0.25, 0.3) is 0 Å². The van der Waals surface area contributed by atoms with Gasteiger partial charge in [-0.1, -0.05) is 38.5 Å². The van der Waals surface area contributed by atoms with E-state index in [9.17, 15) is 9.59 Å². The Morgan fingerprint density at radius 1 is 1.16 bits per heavy atom. The number of hydrogen-bond acceptors (Lipinski definition) is 3. The fraction of sp³-hybridized carbons (Fsp3) is 0.375. The molecule has 0 saturated carbocycles. The van der Waals surface area contributed by atoms with Gasteiger partial charge in [0.05, 0.1) is 6.61 Å². The van der Waals surface area contributed by atoms with Crippen molar-refractivity contribution in [3.05, 3.63) is 46.7 Å². The van der Waals surface area contributed by atoms with Gasteiger partial charge in [0.15, 0.2) is 11.5 Å². The average Bonchev–Trinajstić information content (AvgIpc) is 2.43. The molecule has 0 atom stereocenters. The van der Waals surface area contributed by atoms with Crippen LogP contribution in [0.2, 0.25) is 0 Å². The van der Waals surface area contributed by atoms with Crippen molar-refractivity contribution in [2.75, 3.05) is 6.61 Å². The Morgan fingerprint density at radius 2 is 1.95 bits per heavy atom. The van der Waals surface area contributed by atoms with Gasteiger partial charge in [0.2, 0.25) is 5.78 Å². The van der Waals surface area contributed by atoms with Crippen LogP contribution in [0.3, 0.4) is 0 Å². The summed E-state index contributed by atoms with van der Waals surface area (Å²) in [7, 11) is 0. The molecular formula is C16H18O3. The Morgan fingerprint density at radius 3 is 2.63 bits per heavy atom. The van der Waals surface area contributed by atoms with Gasteiger partial charge in [-0.15, -0.1) is 0 Å². The van der Waals surface area contributed by atoms with Crippen LogP contribution in [0.15, 0.2) is 30.0 Å². The highest BCUT2D eigenvalue weighted by Crippen LogP contribution is 2.25. The molecule has 0 radical (unpaired) electrons. The van der Waals surface area contributed by atoms with Crippen LogP contribution >= 0.6 is 0 Å². The molecule has 0 N–H and O–H groups in total. The molecule has 0 bridgehead atoms.